The van der Waals surface area contributed by atoms with E-state index in [1.807, 2.05) is 29.0 Å². The van der Waals surface area contributed by atoms with Gasteiger partial charge in [-0.05, 0) is 31.2 Å². The Morgan fingerprint density at radius 1 is 1.36 bits per heavy atom. The molecule has 2 aromatic rings. The van der Waals surface area contributed by atoms with E-state index in [0.29, 0.717) is 5.92 Å². The standard InChI is InChI=1S/C19H28N4OS/c1-14(2)18-20-8-11-23(18)15(3)19(24)21-16-6-9-22(10-7-16)13-17-5-4-12-25-17/h4-5,8,11-12,14-16H,6-7,9-10,13H2,1-3H3,(H,21,24)/t15-/m0/s1. The van der Waals surface area contributed by atoms with E-state index in [-0.39, 0.29) is 18.0 Å². The fourth-order valence-electron chi connectivity index (χ4n) is 3.41. The third-order valence-electron chi connectivity index (χ3n) is 4.91. The Bertz CT molecular complexity index is 671. The Balaban J connectivity index is 1.49. The largest absolute Gasteiger partial charge is 0.351 e. The third-order valence-corrected chi connectivity index (χ3v) is 5.77. The Hall–Kier alpha value is -1.66. The topological polar surface area (TPSA) is 50.2 Å². The summed E-state index contributed by atoms with van der Waals surface area (Å²) in [6.45, 7) is 9.27. The molecule has 1 aliphatic heterocycles. The number of nitrogens with one attached hydrogen (secondary N) is 1. The van der Waals surface area contributed by atoms with Crippen molar-refractivity contribution in [2.45, 2.75) is 58.2 Å². The van der Waals surface area contributed by atoms with Crippen molar-refractivity contribution in [2.75, 3.05) is 13.1 Å². The zero-order valence-electron chi connectivity index (χ0n) is 15.3. The first kappa shape index (κ1) is 18.1. The summed E-state index contributed by atoms with van der Waals surface area (Å²) in [5.74, 6) is 1.37. The molecule has 2 aromatic heterocycles. The summed E-state index contributed by atoms with van der Waals surface area (Å²) in [5, 5.41) is 5.37. The van der Waals surface area contributed by atoms with Gasteiger partial charge in [0.2, 0.25) is 5.91 Å². The average molecular weight is 361 g/mol. The van der Waals surface area contributed by atoms with Gasteiger partial charge in [-0.2, -0.15) is 0 Å². The molecule has 3 rings (SSSR count). The average Bonchev–Trinajstić information content (AvgIpc) is 3.27. The van der Waals surface area contributed by atoms with Crippen molar-refractivity contribution in [1.82, 2.24) is 19.8 Å². The maximum absolute atomic E-state index is 12.7. The van der Waals surface area contributed by atoms with Gasteiger partial charge < -0.3 is 9.88 Å². The highest BCUT2D eigenvalue weighted by molar-refractivity contribution is 7.09. The number of carbonyl (C=O) groups is 1. The molecule has 1 N–H and O–H groups in total. The molecule has 0 spiro atoms. The van der Waals surface area contributed by atoms with E-state index >= 15 is 0 Å². The molecule has 0 bridgehead atoms. The quantitative estimate of drug-likeness (QED) is 0.859. The second-order valence-corrected chi connectivity index (χ2v) is 8.19. The van der Waals surface area contributed by atoms with E-state index in [0.717, 1.165) is 38.3 Å². The molecule has 1 fully saturated rings. The predicted molar refractivity (Wildman–Crippen MR) is 102 cm³/mol. The van der Waals surface area contributed by atoms with Gasteiger partial charge in [-0.25, -0.2) is 4.98 Å². The highest BCUT2D eigenvalue weighted by atomic mass is 32.1. The smallest absolute Gasteiger partial charge is 0.243 e. The number of nitrogens with zero attached hydrogens (tertiary/aromatic N) is 3. The molecule has 136 valence electrons. The molecule has 0 aromatic carbocycles. The molecule has 1 amide bonds. The number of hydrogen-bond acceptors (Lipinski definition) is 4. The number of piperidine rings is 1. The molecule has 0 unspecified atom stereocenters. The van der Waals surface area contributed by atoms with E-state index < -0.39 is 0 Å². The summed E-state index contributed by atoms with van der Waals surface area (Å²) >= 11 is 1.81. The van der Waals surface area contributed by atoms with Gasteiger partial charge in [0.05, 0.1) is 0 Å². The first-order valence-corrected chi connectivity index (χ1v) is 10.0. The van der Waals surface area contributed by atoms with Gasteiger partial charge in [0.15, 0.2) is 0 Å². The van der Waals surface area contributed by atoms with Crippen LogP contribution in [0, 0.1) is 0 Å². The van der Waals surface area contributed by atoms with Gasteiger partial charge in [-0.15, -0.1) is 11.3 Å². The van der Waals surface area contributed by atoms with Gasteiger partial charge in [0.25, 0.3) is 0 Å². The molecule has 1 atom stereocenters. The molecule has 0 radical (unpaired) electrons. The van der Waals surface area contributed by atoms with Gasteiger partial charge in [0.1, 0.15) is 11.9 Å². The second-order valence-electron chi connectivity index (χ2n) is 7.16. The zero-order chi connectivity index (χ0) is 17.8. The summed E-state index contributed by atoms with van der Waals surface area (Å²) in [4.78, 5) is 20.9. The van der Waals surface area contributed by atoms with E-state index in [1.54, 1.807) is 6.20 Å². The molecular weight excluding hydrogens is 332 g/mol. The Kier molecular flexibility index (Phi) is 5.91. The third kappa shape index (κ3) is 4.50. The van der Waals surface area contributed by atoms with Crippen LogP contribution in [0.1, 0.15) is 56.3 Å². The number of likely N-dealkylation sites (tertiary alicyclic amines) is 1. The summed E-state index contributed by atoms with van der Waals surface area (Å²) in [7, 11) is 0. The number of aromatic nitrogens is 2. The second kappa shape index (κ2) is 8.15. The molecule has 0 saturated carbocycles. The van der Waals surface area contributed by atoms with Crippen LogP contribution in [-0.2, 0) is 11.3 Å². The van der Waals surface area contributed by atoms with Gasteiger partial charge in [-0.1, -0.05) is 19.9 Å². The first-order valence-electron chi connectivity index (χ1n) is 9.12. The van der Waals surface area contributed by atoms with Crippen LogP contribution in [0.2, 0.25) is 0 Å². The van der Waals surface area contributed by atoms with Crippen LogP contribution < -0.4 is 5.32 Å². The molecule has 0 aliphatic carbocycles. The highest BCUT2D eigenvalue weighted by Crippen LogP contribution is 2.19. The zero-order valence-corrected chi connectivity index (χ0v) is 16.1. The molecule has 1 aliphatic rings. The van der Waals surface area contributed by atoms with Crippen molar-refractivity contribution >= 4 is 17.2 Å². The Labute approximate surface area is 154 Å². The van der Waals surface area contributed by atoms with Crippen LogP contribution in [0.3, 0.4) is 0 Å². The fraction of sp³-hybridized carbons (Fsp3) is 0.579. The van der Waals surface area contributed by atoms with Crippen molar-refractivity contribution in [3.8, 4) is 0 Å². The van der Waals surface area contributed by atoms with E-state index in [1.165, 1.54) is 4.88 Å². The summed E-state index contributed by atoms with van der Waals surface area (Å²) < 4.78 is 1.99. The van der Waals surface area contributed by atoms with E-state index in [9.17, 15) is 4.79 Å². The Morgan fingerprint density at radius 2 is 2.12 bits per heavy atom. The van der Waals surface area contributed by atoms with Gasteiger partial charge >= 0.3 is 0 Å². The van der Waals surface area contributed by atoms with Crippen molar-refractivity contribution in [2.24, 2.45) is 0 Å². The van der Waals surface area contributed by atoms with Crippen LogP contribution in [0.25, 0.3) is 0 Å². The molecule has 1 saturated heterocycles. The number of amides is 1. The minimum Gasteiger partial charge on any atom is -0.351 e. The number of hydrogen-bond donors (Lipinski definition) is 1. The lowest BCUT2D eigenvalue weighted by atomic mass is 10.0. The number of carbonyl (C=O) groups excluding carboxylic acids is 1. The number of rotatable bonds is 6. The number of imidazole rings is 1. The summed E-state index contributed by atoms with van der Waals surface area (Å²) in [6, 6.07) is 4.36. The normalized spacial score (nSPS) is 17.8. The molecule has 5 nitrogen and oxygen atoms in total. The lowest BCUT2D eigenvalue weighted by molar-refractivity contribution is -0.125. The van der Waals surface area contributed by atoms with Crippen molar-refractivity contribution < 1.29 is 4.79 Å². The van der Waals surface area contributed by atoms with Gasteiger partial charge in [0, 0.05) is 48.9 Å². The molecular formula is C19H28N4OS. The molecule has 3 heterocycles. The van der Waals surface area contributed by atoms with Crippen molar-refractivity contribution in [1.29, 1.82) is 0 Å². The lowest BCUT2D eigenvalue weighted by Gasteiger charge is -2.32. The monoisotopic (exact) mass is 360 g/mol. The minimum absolute atomic E-state index is 0.0941. The predicted octanol–water partition coefficient (Wildman–Crippen LogP) is 3.41. The molecule has 6 heteroatoms. The van der Waals surface area contributed by atoms with Crippen LogP contribution in [0.5, 0.6) is 0 Å². The van der Waals surface area contributed by atoms with Gasteiger partial charge in [-0.3, -0.25) is 9.69 Å². The van der Waals surface area contributed by atoms with Crippen molar-refractivity contribution in [3.63, 3.8) is 0 Å². The SMILES string of the molecule is CC(C)c1nccn1[C@@H](C)C(=O)NC1CCN(Cc2cccs2)CC1. The van der Waals surface area contributed by atoms with Crippen LogP contribution in [0.15, 0.2) is 29.9 Å². The summed E-state index contributed by atoms with van der Waals surface area (Å²) in [5.41, 5.74) is 0. The van der Waals surface area contributed by atoms with E-state index in [4.69, 9.17) is 0 Å². The minimum atomic E-state index is -0.218. The number of thiophene rings is 1. The lowest BCUT2D eigenvalue weighted by Crippen LogP contribution is -2.46. The van der Waals surface area contributed by atoms with Crippen LogP contribution >= 0.6 is 11.3 Å². The van der Waals surface area contributed by atoms with Crippen molar-refractivity contribution in [3.05, 3.63) is 40.6 Å². The van der Waals surface area contributed by atoms with Crippen LogP contribution in [0.4, 0.5) is 0 Å². The fourth-order valence-corrected chi connectivity index (χ4v) is 4.15. The summed E-state index contributed by atoms with van der Waals surface area (Å²) in [6.07, 6.45) is 5.72. The first-order chi connectivity index (χ1) is 12.0. The van der Waals surface area contributed by atoms with Crippen LogP contribution in [-0.4, -0.2) is 39.5 Å². The highest BCUT2D eigenvalue weighted by Gasteiger charge is 2.24. The molecule has 25 heavy (non-hydrogen) atoms. The van der Waals surface area contributed by atoms with E-state index in [2.05, 4.69) is 46.6 Å². The maximum Gasteiger partial charge on any atom is 0.243 e. The maximum atomic E-state index is 12.7. The Morgan fingerprint density at radius 3 is 2.76 bits per heavy atom.